The van der Waals surface area contributed by atoms with Gasteiger partial charge in [0, 0.05) is 24.9 Å². The Morgan fingerprint density at radius 1 is 1.12 bits per heavy atom. The number of piperidine rings is 2. The quantitative estimate of drug-likeness (QED) is 0.866. The van der Waals surface area contributed by atoms with E-state index in [1.807, 2.05) is 28.5 Å². The molecule has 0 radical (unpaired) electrons. The molecule has 1 spiro atoms. The highest BCUT2D eigenvalue weighted by molar-refractivity contribution is 7.09. The molecule has 0 bridgehead atoms. The van der Waals surface area contributed by atoms with E-state index in [1.54, 1.807) is 11.3 Å². The van der Waals surface area contributed by atoms with Gasteiger partial charge in [-0.1, -0.05) is 30.3 Å². The van der Waals surface area contributed by atoms with Crippen LogP contribution in [-0.4, -0.2) is 42.0 Å². The minimum atomic E-state index is 0. The molecule has 6 heteroatoms. The molecule has 0 atom stereocenters. The van der Waals surface area contributed by atoms with Crippen molar-refractivity contribution in [3.63, 3.8) is 0 Å². The number of thiazole rings is 1. The van der Waals surface area contributed by atoms with E-state index >= 15 is 0 Å². The van der Waals surface area contributed by atoms with Crippen LogP contribution < -0.4 is 5.32 Å². The van der Waals surface area contributed by atoms with Crippen LogP contribution >= 0.6 is 23.7 Å². The van der Waals surface area contributed by atoms with Crippen LogP contribution in [0.25, 0.3) is 0 Å². The lowest BCUT2D eigenvalue weighted by atomic mass is 9.71. The molecule has 2 aromatic rings. The molecule has 2 aliphatic heterocycles. The summed E-state index contributed by atoms with van der Waals surface area (Å²) in [5, 5.41) is 6.39. The molecule has 3 heterocycles. The van der Waals surface area contributed by atoms with Crippen LogP contribution in [0.2, 0.25) is 0 Å². The van der Waals surface area contributed by atoms with E-state index in [-0.39, 0.29) is 18.3 Å². The van der Waals surface area contributed by atoms with Gasteiger partial charge >= 0.3 is 0 Å². The molecule has 4 nitrogen and oxygen atoms in total. The van der Waals surface area contributed by atoms with Crippen LogP contribution in [0.3, 0.4) is 0 Å². The zero-order valence-electron chi connectivity index (χ0n) is 14.9. The fraction of sp³-hybridized carbons (Fsp3) is 0.500. The number of amides is 1. The van der Waals surface area contributed by atoms with E-state index < -0.39 is 0 Å². The summed E-state index contributed by atoms with van der Waals surface area (Å²) < 4.78 is 0. The lowest BCUT2D eigenvalue weighted by Crippen LogP contribution is -2.47. The van der Waals surface area contributed by atoms with Crippen molar-refractivity contribution in [3.05, 3.63) is 52.0 Å². The predicted octanol–water partition coefficient (Wildman–Crippen LogP) is 3.76. The van der Waals surface area contributed by atoms with Gasteiger partial charge in [-0.05, 0) is 49.8 Å². The van der Waals surface area contributed by atoms with Crippen molar-refractivity contribution in [2.75, 3.05) is 26.2 Å². The minimum Gasteiger partial charge on any atom is -0.337 e. The van der Waals surface area contributed by atoms with Gasteiger partial charge in [-0.2, -0.15) is 0 Å². The Balaban J connectivity index is 0.00000196. The third kappa shape index (κ3) is 4.27. The van der Waals surface area contributed by atoms with Crippen LogP contribution in [0.5, 0.6) is 0 Å². The van der Waals surface area contributed by atoms with Crippen LogP contribution in [0.4, 0.5) is 0 Å². The molecule has 2 fully saturated rings. The molecule has 1 aromatic carbocycles. The van der Waals surface area contributed by atoms with Crippen molar-refractivity contribution in [1.29, 1.82) is 0 Å². The average molecular weight is 392 g/mol. The Morgan fingerprint density at radius 3 is 2.50 bits per heavy atom. The van der Waals surface area contributed by atoms with E-state index in [9.17, 15) is 4.79 Å². The number of carbonyl (C=O) groups excluding carboxylic acids is 1. The summed E-state index contributed by atoms with van der Waals surface area (Å²) in [6, 6.07) is 10.3. The molecule has 0 aliphatic carbocycles. The Labute approximate surface area is 165 Å². The molecule has 140 valence electrons. The highest BCUT2D eigenvalue weighted by atomic mass is 35.5. The number of benzene rings is 1. The molecule has 0 unspecified atom stereocenters. The lowest BCUT2D eigenvalue weighted by Gasteiger charge is -2.44. The summed E-state index contributed by atoms with van der Waals surface area (Å²) in [7, 11) is 0. The summed E-state index contributed by atoms with van der Waals surface area (Å²) >= 11 is 1.59. The first-order valence-corrected chi connectivity index (χ1v) is 10.1. The Morgan fingerprint density at radius 2 is 1.81 bits per heavy atom. The number of likely N-dealkylation sites (tertiary alicyclic amines) is 1. The molecule has 1 aromatic heterocycles. The molecule has 4 rings (SSSR count). The fourth-order valence-electron chi connectivity index (χ4n) is 4.06. The normalized spacial score (nSPS) is 19.2. The third-order valence-electron chi connectivity index (χ3n) is 5.74. The maximum absolute atomic E-state index is 12.8. The van der Waals surface area contributed by atoms with E-state index in [0.717, 1.165) is 50.4 Å². The highest BCUT2D eigenvalue weighted by Gasteiger charge is 2.37. The standard InChI is InChI=1S/C20H25N3OS.ClH/c24-19(23-12-8-20(9-13-23)6-10-21-11-7-20)17-15-25-18(22-17)14-16-4-2-1-3-5-16;/h1-5,15,21H,6-14H2;1H. The van der Waals surface area contributed by atoms with Gasteiger partial charge in [0.25, 0.3) is 5.91 Å². The van der Waals surface area contributed by atoms with Crippen LogP contribution in [0, 0.1) is 5.41 Å². The molecule has 2 saturated heterocycles. The van der Waals surface area contributed by atoms with E-state index in [1.165, 1.54) is 18.4 Å². The number of rotatable bonds is 3. The molecule has 1 amide bonds. The van der Waals surface area contributed by atoms with Gasteiger partial charge in [0.15, 0.2) is 0 Å². The largest absolute Gasteiger partial charge is 0.337 e. The second kappa shape index (κ2) is 8.51. The second-order valence-electron chi connectivity index (χ2n) is 7.33. The third-order valence-corrected chi connectivity index (χ3v) is 6.59. The summed E-state index contributed by atoms with van der Waals surface area (Å²) in [6.45, 7) is 4.01. The van der Waals surface area contributed by atoms with Gasteiger partial charge in [-0.3, -0.25) is 4.79 Å². The number of hydrogen-bond donors (Lipinski definition) is 1. The number of nitrogens with zero attached hydrogens (tertiary/aromatic N) is 2. The Bertz CT molecular complexity index is 718. The Hall–Kier alpha value is -1.43. The average Bonchev–Trinajstić information content (AvgIpc) is 3.12. The van der Waals surface area contributed by atoms with Crippen LogP contribution in [0.1, 0.15) is 46.7 Å². The number of aromatic nitrogens is 1. The van der Waals surface area contributed by atoms with Gasteiger partial charge in [-0.15, -0.1) is 23.7 Å². The maximum atomic E-state index is 12.8. The number of nitrogens with one attached hydrogen (secondary N) is 1. The van der Waals surface area contributed by atoms with Crippen molar-refractivity contribution in [2.45, 2.75) is 32.1 Å². The van der Waals surface area contributed by atoms with Gasteiger partial charge in [0.2, 0.25) is 0 Å². The number of hydrogen-bond acceptors (Lipinski definition) is 4. The molecule has 0 saturated carbocycles. The monoisotopic (exact) mass is 391 g/mol. The summed E-state index contributed by atoms with van der Waals surface area (Å²) in [4.78, 5) is 19.4. The van der Waals surface area contributed by atoms with E-state index in [2.05, 4.69) is 22.4 Å². The summed E-state index contributed by atoms with van der Waals surface area (Å²) in [5.41, 5.74) is 2.33. The van der Waals surface area contributed by atoms with Crippen molar-refractivity contribution in [2.24, 2.45) is 5.41 Å². The number of carbonyl (C=O) groups is 1. The molecular formula is C20H26ClN3OS. The minimum absolute atomic E-state index is 0. The molecule has 1 N–H and O–H groups in total. The SMILES string of the molecule is Cl.O=C(c1csc(Cc2ccccc2)n1)N1CCC2(CCNCC2)CC1. The molecule has 26 heavy (non-hydrogen) atoms. The fourth-order valence-corrected chi connectivity index (χ4v) is 4.87. The first-order chi connectivity index (χ1) is 12.2. The van der Waals surface area contributed by atoms with Crippen molar-refractivity contribution in [1.82, 2.24) is 15.2 Å². The van der Waals surface area contributed by atoms with Crippen LogP contribution in [-0.2, 0) is 6.42 Å². The van der Waals surface area contributed by atoms with Crippen molar-refractivity contribution < 1.29 is 4.79 Å². The molecular weight excluding hydrogens is 366 g/mol. The highest BCUT2D eigenvalue weighted by Crippen LogP contribution is 2.39. The summed E-state index contributed by atoms with van der Waals surface area (Å²) in [5.74, 6) is 0.111. The van der Waals surface area contributed by atoms with Crippen molar-refractivity contribution in [3.8, 4) is 0 Å². The van der Waals surface area contributed by atoms with Gasteiger partial charge in [0.05, 0.1) is 5.01 Å². The van der Waals surface area contributed by atoms with Crippen LogP contribution in [0.15, 0.2) is 35.7 Å². The van der Waals surface area contributed by atoms with Gasteiger partial charge in [0.1, 0.15) is 5.69 Å². The first kappa shape index (κ1) is 19.3. The predicted molar refractivity (Wildman–Crippen MR) is 108 cm³/mol. The van der Waals surface area contributed by atoms with Gasteiger partial charge in [-0.25, -0.2) is 4.98 Å². The zero-order chi connectivity index (χ0) is 17.1. The molecule has 2 aliphatic rings. The Kier molecular flexibility index (Phi) is 6.33. The number of halogens is 1. The van der Waals surface area contributed by atoms with Crippen molar-refractivity contribution >= 4 is 29.7 Å². The second-order valence-corrected chi connectivity index (χ2v) is 8.27. The zero-order valence-corrected chi connectivity index (χ0v) is 16.6. The first-order valence-electron chi connectivity index (χ1n) is 9.23. The summed E-state index contributed by atoms with van der Waals surface area (Å²) in [6.07, 6.45) is 5.59. The lowest BCUT2D eigenvalue weighted by molar-refractivity contribution is 0.0491. The van der Waals surface area contributed by atoms with E-state index in [0.29, 0.717) is 11.1 Å². The smallest absolute Gasteiger partial charge is 0.273 e. The van der Waals surface area contributed by atoms with Gasteiger partial charge < -0.3 is 10.2 Å². The topological polar surface area (TPSA) is 45.2 Å². The van der Waals surface area contributed by atoms with E-state index in [4.69, 9.17) is 0 Å². The maximum Gasteiger partial charge on any atom is 0.273 e.